The van der Waals surface area contributed by atoms with Crippen molar-refractivity contribution in [3.05, 3.63) is 30.1 Å². The minimum atomic E-state index is 0.0379. The van der Waals surface area contributed by atoms with Crippen molar-refractivity contribution in [2.24, 2.45) is 22.6 Å². The SMILES string of the molecule is CC1CC(C)CN(C(C)(C)CN=C(N)NCCc2ccccn2)C1. The molecule has 1 aromatic heterocycles. The predicted octanol–water partition coefficient (Wildman–Crippen LogP) is 2.28. The maximum atomic E-state index is 6.03. The summed E-state index contributed by atoms with van der Waals surface area (Å²) in [5.74, 6) is 2.04. The molecule has 2 rings (SSSR count). The van der Waals surface area contributed by atoms with Crippen molar-refractivity contribution in [3.8, 4) is 0 Å². The second-order valence-electron chi connectivity index (χ2n) is 7.86. The molecule has 24 heavy (non-hydrogen) atoms. The lowest BCUT2D eigenvalue weighted by Gasteiger charge is -2.44. The number of likely N-dealkylation sites (tertiary alicyclic amines) is 1. The van der Waals surface area contributed by atoms with Crippen molar-refractivity contribution in [2.45, 2.75) is 46.1 Å². The highest BCUT2D eigenvalue weighted by molar-refractivity contribution is 5.77. The first kappa shape index (κ1) is 18.7. The Kier molecular flexibility index (Phi) is 6.60. The quantitative estimate of drug-likeness (QED) is 0.620. The van der Waals surface area contributed by atoms with Crippen molar-refractivity contribution in [1.82, 2.24) is 15.2 Å². The topological polar surface area (TPSA) is 66.5 Å². The van der Waals surface area contributed by atoms with Gasteiger partial charge in [-0.15, -0.1) is 0 Å². The largest absolute Gasteiger partial charge is 0.370 e. The summed E-state index contributed by atoms with van der Waals surface area (Å²) in [5, 5.41) is 3.19. The Balaban J connectivity index is 1.79. The number of nitrogens with zero attached hydrogens (tertiary/aromatic N) is 3. The third-order valence-electron chi connectivity index (χ3n) is 4.77. The van der Waals surface area contributed by atoms with Crippen molar-refractivity contribution >= 4 is 5.96 Å². The van der Waals surface area contributed by atoms with E-state index in [9.17, 15) is 0 Å². The molecule has 1 aromatic rings. The summed E-state index contributed by atoms with van der Waals surface area (Å²) in [6.45, 7) is 13.0. The lowest BCUT2D eigenvalue weighted by Crippen LogP contribution is -2.53. The molecule has 0 aliphatic carbocycles. The molecule has 2 heterocycles. The van der Waals surface area contributed by atoms with E-state index < -0.39 is 0 Å². The molecule has 0 saturated carbocycles. The minimum Gasteiger partial charge on any atom is -0.370 e. The van der Waals surface area contributed by atoms with Gasteiger partial charge in [0.15, 0.2) is 5.96 Å². The van der Waals surface area contributed by atoms with E-state index in [4.69, 9.17) is 5.73 Å². The summed E-state index contributed by atoms with van der Waals surface area (Å²) < 4.78 is 0. The molecule has 2 atom stereocenters. The molecule has 0 radical (unpaired) electrons. The maximum Gasteiger partial charge on any atom is 0.188 e. The molecule has 0 amide bonds. The van der Waals surface area contributed by atoms with Crippen LogP contribution in [0, 0.1) is 11.8 Å². The Morgan fingerprint density at radius 1 is 1.33 bits per heavy atom. The first-order chi connectivity index (χ1) is 11.4. The van der Waals surface area contributed by atoms with E-state index in [2.05, 4.69) is 47.9 Å². The normalized spacial score (nSPS) is 23.2. The lowest BCUT2D eigenvalue weighted by molar-refractivity contribution is 0.0513. The Hall–Kier alpha value is -1.62. The summed E-state index contributed by atoms with van der Waals surface area (Å²) in [7, 11) is 0. The van der Waals surface area contributed by atoms with Crippen LogP contribution in [0.25, 0.3) is 0 Å². The van der Waals surface area contributed by atoms with Crippen LogP contribution in [0.2, 0.25) is 0 Å². The molecular weight excluding hydrogens is 298 g/mol. The predicted molar refractivity (Wildman–Crippen MR) is 101 cm³/mol. The Bertz CT molecular complexity index is 516. The van der Waals surface area contributed by atoms with Gasteiger partial charge in [0.05, 0.1) is 6.54 Å². The zero-order chi connectivity index (χ0) is 17.6. The molecule has 5 heteroatoms. The fourth-order valence-corrected chi connectivity index (χ4v) is 3.46. The van der Waals surface area contributed by atoms with Gasteiger partial charge in [-0.3, -0.25) is 14.9 Å². The number of hydrogen-bond acceptors (Lipinski definition) is 3. The molecule has 5 nitrogen and oxygen atoms in total. The van der Waals surface area contributed by atoms with E-state index in [1.807, 2.05) is 24.4 Å². The molecule has 0 aromatic carbocycles. The van der Waals surface area contributed by atoms with Gasteiger partial charge in [-0.1, -0.05) is 19.9 Å². The van der Waals surface area contributed by atoms with E-state index >= 15 is 0 Å². The maximum absolute atomic E-state index is 6.03. The van der Waals surface area contributed by atoms with Gasteiger partial charge < -0.3 is 11.1 Å². The molecule has 0 bridgehead atoms. The van der Waals surface area contributed by atoms with E-state index in [0.717, 1.165) is 50.1 Å². The van der Waals surface area contributed by atoms with Crippen LogP contribution in [0.5, 0.6) is 0 Å². The Morgan fingerprint density at radius 2 is 2.04 bits per heavy atom. The van der Waals surface area contributed by atoms with Gasteiger partial charge in [-0.2, -0.15) is 0 Å². The third kappa shape index (κ3) is 5.78. The Labute approximate surface area is 146 Å². The fourth-order valence-electron chi connectivity index (χ4n) is 3.46. The van der Waals surface area contributed by atoms with Gasteiger partial charge in [0.25, 0.3) is 0 Å². The Morgan fingerprint density at radius 3 is 2.67 bits per heavy atom. The van der Waals surface area contributed by atoms with E-state index in [-0.39, 0.29) is 5.54 Å². The molecule has 1 saturated heterocycles. The number of guanidine groups is 1. The standard InChI is InChI=1S/C19H33N5/c1-15-11-16(2)13-24(12-15)19(3,4)14-23-18(20)22-10-8-17-7-5-6-9-21-17/h5-7,9,15-16H,8,10-14H2,1-4H3,(H3,20,22,23). The average Bonchev–Trinajstić information content (AvgIpc) is 2.53. The highest BCUT2D eigenvalue weighted by Crippen LogP contribution is 2.27. The number of piperidine rings is 1. The number of aliphatic imine (C=N–C) groups is 1. The number of pyridine rings is 1. The summed E-state index contributed by atoms with van der Waals surface area (Å²) in [4.78, 5) is 11.4. The van der Waals surface area contributed by atoms with Gasteiger partial charge in [-0.05, 0) is 44.2 Å². The molecule has 134 valence electrons. The molecule has 3 N–H and O–H groups in total. The number of hydrogen-bond donors (Lipinski definition) is 2. The lowest BCUT2D eigenvalue weighted by atomic mass is 9.88. The van der Waals surface area contributed by atoms with Crippen molar-refractivity contribution < 1.29 is 0 Å². The highest BCUT2D eigenvalue weighted by atomic mass is 15.2. The number of aromatic nitrogens is 1. The van der Waals surface area contributed by atoms with Crippen LogP contribution in [0.1, 0.15) is 39.8 Å². The van der Waals surface area contributed by atoms with Gasteiger partial charge >= 0.3 is 0 Å². The van der Waals surface area contributed by atoms with Crippen LogP contribution in [-0.2, 0) is 6.42 Å². The van der Waals surface area contributed by atoms with E-state index in [0.29, 0.717) is 5.96 Å². The molecule has 1 aliphatic rings. The van der Waals surface area contributed by atoms with Gasteiger partial charge in [-0.25, -0.2) is 0 Å². The van der Waals surface area contributed by atoms with Crippen LogP contribution in [-0.4, -0.2) is 47.6 Å². The van der Waals surface area contributed by atoms with Gasteiger partial charge in [0.1, 0.15) is 0 Å². The smallest absolute Gasteiger partial charge is 0.188 e. The third-order valence-corrected chi connectivity index (χ3v) is 4.77. The summed E-state index contributed by atoms with van der Waals surface area (Å²) in [5.41, 5.74) is 7.13. The van der Waals surface area contributed by atoms with Crippen molar-refractivity contribution in [3.63, 3.8) is 0 Å². The van der Waals surface area contributed by atoms with Crippen LogP contribution in [0.3, 0.4) is 0 Å². The number of rotatable bonds is 6. The first-order valence-electron chi connectivity index (χ1n) is 9.05. The molecular formula is C19H33N5. The molecule has 1 fully saturated rings. The summed E-state index contributed by atoms with van der Waals surface area (Å²) in [6, 6.07) is 5.96. The second kappa shape index (κ2) is 8.47. The van der Waals surface area contributed by atoms with Gasteiger partial charge in [0.2, 0.25) is 0 Å². The van der Waals surface area contributed by atoms with Crippen LogP contribution >= 0.6 is 0 Å². The molecule has 1 aliphatic heterocycles. The van der Waals surface area contributed by atoms with E-state index in [1.54, 1.807) is 0 Å². The van der Waals surface area contributed by atoms with Crippen molar-refractivity contribution in [2.75, 3.05) is 26.2 Å². The average molecular weight is 332 g/mol. The zero-order valence-electron chi connectivity index (χ0n) is 15.6. The van der Waals surface area contributed by atoms with Crippen molar-refractivity contribution in [1.29, 1.82) is 0 Å². The monoisotopic (exact) mass is 331 g/mol. The fraction of sp³-hybridized carbons (Fsp3) is 0.684. The molecule has 2 unspecified atom stereocenters. The number of nitrogens with two attached hydrogens (primary N) is 1. The number of nitrogens with one attached hydrogen (secondary N) is 1. The molecule has 0 spiro atoms. The van der Waals surface area contributed by atoms with Crippen LogP contribution in [0.4, 0.5) is 0 Å². The minimum absolute atomic E-state index is 0.0379. The van der Waals surface area contributed by atoms with Gasteiger partial charge in [0, 0.05) is 43.5 Å². The van der Waals surface area contributed by atoms with Crippen LogP contribution < -0.4 is 11.1 Å². The van der Waals surface area contributed by atoms with E-state index in [1.165, 1.54) is 6.42 Å². The first-order valence-corrected chi connectivity index (χ1v) is 9.05. The highest BCUT2D eigenvalue weighted by Gasteiger charge is 2.32. The summed E-state index contributed by atoms with van der Waals surface area (Å²) >= 11 is 0. The van der Waals surface area contributed by atoms with Crippen LogP contribution in [0.15, 0.2) is 29.4 Å². The second-order valence-corrected chi connectivity index (χ2v) is 7.86. The summed E-state index contributed by atoms with van der Waals surface area (Å²) in [6.07, 6.45) is 3.99. The zero-order valence-corrected chi connectivity index (χ0v) is 15.6.